The van der Waals surface area contributed by atoms with E-state index in [1.165, 1.54) is 4.90 Å². The van der Waals surface area contributed by atoms with E-state index < -0.39 is 28.5 Å². The summed E-state index contributed by atoms with van der Waals surface area (Å²) >= 11 is 0. The van der Waals surface area contributed by atoms with Crippen LogP contribution < -0.4 is 14.4 Å². The van der Waals surface area contributed by atoms with E-state index >= 15 is 0 Å². The van der Waals surface area contributed by atoms with Crippen LogP contribution in [0.3, 0.4) is 0 Å². The summed E-state index contributed by atoms with van der Waals surface area (Å²) in [6.07, 6.45) is 1.74. The van der Waals surface area contributed by atoms with Crippen LogP contribution >= 0.6 is 0 Å². The van der Waals surface area contributed by atoms with Gasteiger partial charge in [-0.3, -0.25) is 13.9 Å². The summed E-state index contributed by atoms with van der Waals surface area (Å²) in [5.74, 6) is -0.117. The molecule has 0 spiro atoms. The van der Waals surface area contributed by atoms with Crippen molar-refractivity contribution in [2.45, 2.75) is 58.0 Å². The van der Waals surface area contributed by atoms with Crippen molar-refractivity contribution >= 4 is 27.5 Å². The number of para-hydroxylation sites is 1. The van der Waals surface area contributed by atoms with E-state index in [4.69, 9.17) is 4.74 Å². The molecule has 214 valence electrons. The van der Waals surface area contributed by atoms with Gasteiger partial charge < -0.3 is 15.0 Å². The zero-order chi connectivity index (χ0) is 29.3. The molecule has 0 saturated carbocycles. The van der Waals surface area contributed by atoms with Crippen LogP contribution in [-0.2, 0) is 26.2 Å². The number of nitrogens with one attached hydrogen (secondary N) is 1. The van der Waals surface area contributed by atoms with E-state index in [0.29, 0.717) is 23.5 Å². The number of nitrogens with zero attached hydrogens (tertiary/aromatic N) is 2. The van der Waals surface area contributed by atoms with Gasteiger partial charge in [-0.15, -0.1) is 0 Å². The summed E-state index contributed by atoms with van der Waals surface area (Å²) in [5, 5.41) is 2.89. The van der Waals surface area contributed by atoms with Crippen molar-refractivity contribution in [3.05, 3.63) is 89.5 Å². The number of amides is 2. The van der Waals surface area contributed by atoms with Crippen molar-refractivity contribution in [1.82, 2.24) is 10.2 Å². The molecule has 0 aromatic heterocycles. The van der Waals surface area contributed by atoms with Gasteiger partial charge in [0.2, 0.25) is 11.8 Å². The summed E-state index contributed by atoms with van der Waals surface area (Å²) in [7, 11) is -2.53. The molecule has 2 amide bonds. The highest BCUT2D eigenvalue weighted by atomic mass is 32.2. The fraction of sp³-hybridized carbons (Fsp3) is 0.355. The Bertz CT molecular complexity index is 1390. The number of unbranched alkanes of at least 4 members (excludes halogenated alkanes) is 1. The molecular weight excluding hydrogens is 526 g/mol. The maximum atomic E-state index is 14.0. The first kappa shape index (κ1) is 30.7. The van der Waals surface area contributed by atoms with E-state index in [9.17, 15) is 18.0 Å². The number of sulfonamides is 1. The molecule has 1 atom stereocenters. The van der Waals surface area contributed by atoms with Crippen LogP contribution in [0.15, 0.2) is 77.7 Å². The van der Waals surface area contributed by atoms with Crippen molar-refractivity contribution < 1.29 is 22.7 Å². The lowest BCUT2D eigenvalue weighted by molar-refractivity contribution is -0.139. The lowest BCUT2D eigenvalue weighted by Crippen LogP contribution is -2.51. The van der Waals surface area contributed by atoms with E-state index in [1.807, 2.05) is 32.0 Å². The smallest absolute Gasteiger partial charge is 0.264 e. The fourth-order valence-electron chi connectivity index (χ4n) is 4.24. The van der Waals surface area contributed by atoms with Gasteiger partial charge in [0.1, 0.15) is 18.3 Å². The molecule has 9 heteroatoms. The lowest BCUT2D eigenvalue weighted by Gasteiger charge is -2.32. The molecule has 3 aromatic carbocycles. The third kappa shape index (κ3) is 7.63. The van der Waals surface area contributed by atoms with Crippen LogP contribution in [0.1, 0.15) is 43.4 Å². The molecule has 0 unspecified atom stereocenters. The number of hydrogen-bond donors (Lipinski definition) is 1. The van der Waals surface area contributed by atoms with E-state index in [-0.39, 0.29) is 17.3 Å². The van der Waals surface area contributed by atoms with Crippen molar-refractivity contribution in [3.63, 3.8) is 0 Å². The minimum absolute atomic E-state index is 0.0845. The fourth-order valence-corrected chi connectivity index (χ4v) is 5.72. The Morgan fingerprint density at radius 1 is 0.950 bits per heavy atom. The topological polar surface area (TPSA) is 96.0 Å². The van der Waals surface area contributed by atoms with Gasteiger partial charge >= 0.3 is 0 Å². The third-order valence-corrected chi connectivity index (χ3v) is 8.55. The first-order chi connectivity index (χ1) is 19.1. The molecule has 0 heterocycles. The first-order valence-electron chi connectivity index (χ1n) is 13.4. The van der Waals surface area contributed by atoms with Gasteiger partial charge in [0.15, 0.2) is 0 Å². The third-order valence-electron chi connectivity index (χ3n) is 6.78. The number of methoxy groups -OCH3 is 1. The minimum Gasteiger partial charge on any atom is -0.497 e. The predicted molar refractivity (Wildman–Crippen MR) is 158 cm³/mol. The second kappa shape index (κ2) is 14.0. The standard InChI is InChI=1S/C31H39N3O5S/c1-6-7-20-32-31(36)25(4)33(21-26-14-16-27(39-5)17-15-26)30(35)22-34(29-11-9-8-10-24(29)3)40(37,38)28-18-12-23(2)13-19-28/h8-19,25H,6-7,20-22H2,1-5H3,(H,32,36)/t25-/m1/s1. The van der Waals surface area contributed by atoms with Crippen LogP contribution in [0.5, 0.6) is 5.75 Å². The molecule has 0 radical (unpaired) electrons. The van der Waals surface area contributed by atoms with Crippen molar-refractivity contribution in [3.8, 4) is 5.75 Å². The quantitative estimate of drug-likeness (QED) is 0.299. The number of rotatable bonds is 13. The van der Waals surface area contributed by atoms with Crippen molar-refractivity contribution in [1.29, 1.82) is 0 Å². The predicted octanol–water partition coefficient (Wildman–Crippen LogP) is 4.84. The van der Waals surface area contributed by atoms with Gasteiger partial charge in [-0.05, 0) is 68.7 Å². The Balaban J connectivity index is 2.00. The van der Waals surface area contributed by atoms with Gasteiger partial charge in [0, 0.05) is 13.1 Å². The summed E-state index contributed by atoms with van der Waals surface area (Å²) in [6, 6.07) is 20.0. The molecule has 1 N–H and O–H groups in total. The monoisotopic (exact) mass is 565 g/mol. The molecule has 3 rings (SSSR count). The first-order valence-corrected chi connectivity index (χ1v) is 14.9. The van der Waals surface area contributed by atoms with E-state index in [2.05, 4.69) is 5.32 Å². The number of carbonyl (C=O) groups is 2. The van der Waals surface area contributed by atoms with Crippen molar-refractivity contribution in [2.75, 3.05) is 24.5 Å². The van der Waals surface area contributed by atoms with E-state index in [0.717, 1.165) is 28.3 Å². The van der Waals surface area contributed by atoms with Crippen LogP contribution in [0.2, 0.25) is 0 Å². The lowest BCUT2D eigenvalue weighted by atomic mass is 10.1. The molecule has 0 bridgehead atoms. The highest BCUT2D eigenvalue weighted by molar-refractivity contribution is 7.92. The molecule has 40 heavy (non-hydrogen) atoms. The molecule has 0 aliphatic rings. The summed E-state index contributed by atoms with van der Waals surface area (Å²) in [6.45, 7) is 7.53. The van der Waals surface area contributed by atoms with Gasteiger partial charge in [-0.25, -0.2) is 8.42 Å². The van der Waals surface area contributed by atoms with Gasteiger partial charge in [0.25, 0.3) is 10.0 Å². The summed E-state index contributed by atoms with van der Waals surface area (Å²) in [4.78, 5) is 28.6. The minimum atomic E-state index is -4.10. The number of anilines is 1. The summed E-state index contributed by atoms with van der Waals surface area (Å²) in [5.41, 5.74) is 2.82. The zero-order valence-corrected chi connectivity index (χ0v) is 24.7. The number of hydrogen-bond acceptors (Lipinski definition) is 5. The second-order valence-corrected chi connectivity index (χ2v) is 11.7. The normalized spacial score (nSPS) is 11.9. The number of benzene rings is 3. The van der Waals surface area contributed by atoms with Crippen LogP contribution in [-0.4, -0.2) is 51.4 Å². The highest BCUT2D eigenvalue weighted by Crippen LogP contribution is 2.27. The van der Waals surface area contributed by atoms with Crippen LogP contribution in [0, 0.1) is 13.8 Å². The highest BCUT2D eigenvalue weighted by Gasteiger charge is 2.33. The average molecular weight is 566 g/mol. The Morgan fingerprint density at radius 3 is 2.20 bits per heavy atom. The molecule has 0 fully saturated rings. The molecule has 0 aliphatic heterocycles. The summed E-state index contributed by atoms with van der Waals surface area (Å²) < 4.78 is 34.2. The van der Waals surface area contributed by atoms with Crippen LogP contribution in [0.25, 0.3) is 0 Å². The van der Waals surface area contributed by atoms with Gasteiger partial charge in [-0.2, -0.15) is 0 Å². The van der Waals surface area contributed by atoms with E-state index in [1.54, 1.807) is 75.6 Å². The Morgan fingerprint density at radius 2 is 1.60 bits per heavy atom. The Kier molecular flexibility index (Phi) is 10.7. The molecular formula is C31H39N3O5S. The average Bonchev–Trinajstić information content (AvgIpc) is 2.95. The van der Waals surface area contributed by atoms with Crippen LogP contribution in [0.4, 0.5) is 5.69 Å². The zero-order valence-electron chi connectivity index (χ0n) is 23.9. The number of aryl methyl sites for hydroxylation is 2. The maximum Gasteiger partial charge on any atom is 0.264 e. The second-order valence-electron chi connectivity index (χ2n) is 9.80. The van der Waals surface area contributed by atoms with Gasteiger partial charge in [-0.1, -0.05) is 61.4 Å². The SMILES string of the molecule is CCCCNC(=O)[C@@H](C)N(Cc1ccc(OC)cc1)C(=O)CN(c1ccccc1C)S(=O)(=O)c1ccc(C)cc1. The molecule has 0 saturated heterocycles. The molecule has 0 aliphatic carbocycles. The number of carbonyl (C=O) groups excluding carboxylic acids is 2. The number of ether oxygens (including phenoxy) is 1. The largest absolute Gasteiger partial charge is 0.497 e. The van der Waals surface area contributed by atoms with Crippen molar-refractivity contribution in [2.24, 2.45) is 0 Å². The Hall–Kier alpha value is -3.85. The Labute approximate surface area is 238 Å². The molecule has 3 aromatic rings. The van der Waals surface area contributed by atoms with Gasteiger partial charge in [0.05, 0.1) is 17.7 Å². The molecule has 8 nitrogen and oxygen atoms in total. The maximum absolute atomic E-state index is 14.0.